The Morgan fingerprint density at radius 2 is 1.12 bits per heavy atom. The molecule has 0 aliphatic heterocycles. The molecule has 0 aliphatic carbocycles. The summed E-state index contributed by atoms with van der Waals surface area (Å²) in [6.45, 7) is 0.634. The number of fused-ring (bicyclic) bond motifs is 1. The van der Waals surface area contributed by atoms with Crippen LogP contribution in [-0.2, 0) is 6.54 Å². The number of benzene rings is 5. The summed E-state index contributed by atoms with van der Waals surface area (Å²) in [5, 5.41) is 8.72. The molecule has 0 amide bonds. The first kappa shape index (κ1) is 21.1. The molecule has 160 valence electrons. The van der Waals surface area contributed by atoms with E-state index in [0.29, 0.717) is 6.54 Å². The van der Waals surface area contributed by atoms with Crippen molar-refractivity contribution in [2.45, 2.75) is 6.54 Å². The molecular weight excluding hydrogens is 419 g/mol. The predicted molar refractivity (Wildman–Crippen MR) is 144 cm³/mol. The van der Waals surface area contributed by atoms with Crippen LogP contribution in [-0.4, -0.2) is 5.58 Å². The standard InChI is InChI=1S/C30H25N2P/c1-4-12-24(13-5-1)23-31-30(32-27-21-20-25-14-10-11-15-26(25)22-27)33(28-16-6-2-7-17-28)29-18-8-3-9-19-29/h1-22H,23H2,(H,31,32). The first-order valence-electron chi connectivity index (χ1n) is 11.1. The number of amidine groups is 1. The second kappa shape index (κ2) is 10.3. The van der Waals surface area contributed by atoms with E-state index in [0.717, 1.165) is 11.3 Å². The van der Waals surface area contributed by atoms with Gasteiger partial charge >= 0.3 is 0 Å². The molecule has 0 spiro atoms. The number of hydrogen-bond donors (Lipinski definition) is 1. The zero-order valence-electron chi connectivity index (χ0n) is 18.3. The van der Waals surface area contributed by atoms with E-state index in [2.05, 4.69) is 133 Å². The van der Waals surface area contributed by atoms with Gasteiger partial charge in [0.2, 0.25) is 0 Å². The molecule has 0 saturated heterocycles. The third-order valence-corrected chi connectivity index (χ3v) is 7.81. The van der Waals surface area contributed by atoms with Crippen LogP contribution in [0.5, 0.6) is 0 Å². The summed E-state index contributed by atoms with van der Waals surface area (Å²) in [7, 11) is -0.839. The van der Waals surface area contributed by atoms with Crippen LogP contribution in [0.4, 0.5) is 5.69 Å². The minimum Gasteiger partial charge on any atom is -0.340 e. The third kappa shape index (κ3) is 5.19. The van der Waals surface area contributed by atoms with Crippen molar-refractivity contribution in [3.8, 4) is 0 Å². The highest BCUT2D eigenvalue weighted by Gasteiger charge is 2.21. The van der Waals surface area contributed by atoms with Gasteiger partial charge in [-0.1, -0.05) is 121 Å². The molecule has 0 unspecified atom stereocenters. The molecule has 0 atom stereocenters. The van der Waals surface area contributed by atoms with Crippen LogP contribution in [0.25, 0.3) is 10.8 Å². The molecule has 5 aromatic rings. The number of rotatable bonds is 6. The van der Waals surface area contributed by atoms with E-state index in [1.807, 2.05) is 6.07 Å². The summed E-state index contributed by atoms with van der Waals surface area (Å²) in [5.74, 6) is 0. The molecule has 5 aromatic carbocycles. The smallest absolute Gasteiger partial charge is 0.133 e. The lowest BCUT2D eigenvalue weighted by molar-refractivity contribution is 1.07. The van der Waals surface area contributed by atoms with Crippen molar-refractivity contribution in [3.63, 3.8) is 0 Å². The first-order valence-corrected chi connectivity index (χ1v) is 12.5. The van der Waals surface area contributed by atoms with Gasteiger partial charge in [0.1, 0.15) is 5.58 Å². The van der Waals surface area contributed by atoms with E-state index in [1.165, 1.54) is 26.9 Å². The quantitative estimate of drug-likeness (QED) is 0.171. The summed E-state index contributed by atoms with van der Waals surface area (Å²) in [5.41, 5.74) is 3.26. The van der Waals surface area contributed by atoms with Crippen LogP contribution in [0.3, 0.4) is 0 Å². The zero-order chi connectivity index (χ0) is 22.3. The Morgan fingerprint density at radius 3 is 1.76 bits per heavy atom. The Bertz CT molecular complexity index is 1310. The highest BCUT2D eigenvalue weighted by Crippen LogP contribution is 2.36. The van der Waals surface area contributed by atoms with Gasteiger partial charge in [-0.2, -0.15) is 0 Å². The lowest BCUT2D eigenvalue weighted by atomic mass is 10.1. The summed E-state index contributed by atoms with van der Waals surface area (Å²) in [6, 6.07) is 46.8. The molecular formula is C30H25N2P. The molecule has 0 fully saturated rings. The lowest BCUT2D eigenvalue weighted by Gasteiger charge is -2.22. The Kier molecular flexibility index (Phi) is 6.56. The van der Waals surface area contributed by atoms with Gasteiger partial charge in [0.15, 0.2) is 0 Å². The van der Waals surface area contributed by atoms with Crippen molar-refractivity contribution in [2.75, 3.05) is 5.32 Å². The molecule has 0 radical (unpaired) electrons. The highest BCUT2D eigenvalue weighted by molar-refractivity contribution is 7.88. The summed E-state index contributed by atoms with van der Waals surface area (Å²) in [4.78, 5) is 5.16. The Morgan fingerprint density at radius 1 is 0.576 bits per heavy atom. The average molecular weight is 445 g/mol. The van der Waals surface area contributed by atoms with Crippen molar-refractivity contribution in [1.82, 2.24) is 0 Å². The SMILES string of the molecule is c1ccc(CN=C(Nc2ccc3ccccc3c2)P(c2ccccc2)c2ccccc2)cc1. The maximum Gasteiger partial charge on any atom is 0.133 e. The number of nitrogens with zero attached hydrogens (tertiary/aromatic N) is 1. The van der Waals surface area contributed by atoms with Crippen molar-refractivity contribution < 1.29 is 0 Å². The first-order chi connectivity index (χ1) is 16.4. The predicted octanol–water partition coefficient (Wildman–Crippen LogP) is 6.94. The molecule has 0 aromatic heterocycles. The van der Waals surface area contributed by atoms with Crippen LogP contribution in [0.1, 0.15) is 5.56 Å². The monoisotopic (exact) mass is 444 g/mol. The van der Waals surface area contributed by atoms with Gasteiger partial charge in [-0.15, -0.1) is 0 Å². The van der Waals surface area contributed by atoms with Crippen molar-refractivity contribution >= 4 is 40.6 Å². The largest absolute Gasteiger partial charge is 0.340 e. The molecule has 0 aliphatic rings. The van der Waals surface area contributed by atoms with Gasteiger partial charge in [-0.3, -0.25) is 4.99 Å². The van der Waals surface area contributed by atoms with Crippen molar-refractivity contribution in [1.29, 1.82) is 0 Å². The van der Waals surface area contributed by atoms with E-state index in [4.69, 9.17) is 4.99 Å². The van der Waals surface area contributed by atoms with Gasteiger partial charge in [0.25, 0.3) is 0 Å². The molecule has 3 heteroatoms. The van der Waals surface area contributed by atoms with Crippen LogP contribution in [0.2, 0.25) is 0 Å². The fraction of sp³-hybridized carbons (Fsp3) is 0.0333. The Balaban J connectivity index is 1.59. The van der Waals surface area contributed by atoms with Gasteiger partial charge in [0.05, 0.1) is 6.54 Å². The van der Waals surface area contributed by atoms with Crippen LogP contribution >= 0.6 is 7.92 Å². The van der Waals surface area contributed by atoms with E-state index >= 15 is 0 Å². The molecule has 0 heterocycles. The fourth-order valence-corrected chi connectivity index (χ4v) is 6.04. The summed E-state index contributed by atoms with van der Waals surface area (Å²) >= 11 is 0. The summed E-state index contributed by atoms with van der Waals surface area (Å²) < 4.78 is 0. The molecule has 33 heavy (non-hydrogen) atoms. The molecule has 1 N–H and O–H groups in total. The Labute approximate surface area is 196 Å². The van der Waals surface area contributed by atoms with Crippen LogP contribution in [0.15, 0.2) is 138 Å². The molecule has 0 bridgehead atoms. The third-order valence-electron chi connectivity index (χ3n) is 5.50. The van der Waals surface area contributed by atoms with Gasteiger partial charge in [-0.05, 0) is 39.1 Å². The second-order valence-electron chi connectivity index (χ2n) is 7.82. The molecule has 0 saturated carbocycles. The van der Waals surface area contributed by atoms with E-state index in [-0.39, 0.29) is 0 Å². The van der Waals surface area contributed by atoms with E-state index in [1.54, 1.807) is 0 Å². The van der Waals surface area contributed by atoms with Gasteiger partial charge in [0, 0.05) is 13.6 Å². The van der Waals surface area contributed by atoms with Gasteiger partial charge in [-0.25, -0.2) is 0 Å². The van der Waals surface area contributed by atoms with Crippen molar-refractivity contribution in [2.24, 2.45) is 4.99 Å². The number of anilines is 1. The lowest BCUT2D eigenvalue weighted by Crippen LogP contribution is -2.23. The van der Waals surface area contributed by atoms with E-state index < -0.39 is 7.92 Å². The maximum absolute atomic E-state index is 5.16. The highest BCUT2D eigenvalue weighted by atomic mass is 31.1. The Hall–Kier alpha value is -3.74. The fourth-order valence-electron chi connectivity index (χ4n) is 3.86. The van der Waals surface area contributed by atoms with Crippen LogP contribution < -0.4 is 15.9 Å². The zero-order valence-corrected chi connectivity index (χ0v) is 19.2. The number of nitrogens with one attached hydrogen (secondary N) is 1. The topological polar surface area (TPSA) is 24.4 Å². The molecule has 5 rings (SSSR count). The minimum atomic E-state index is -0.839. The van der Waals surface area contributed by atoms with Crippen LogP contribution in [0, 0.1) is 0 Å². The van der Waals surface area contributed by atoms with Gasteiger partial charge < -0.3 is 5.32 Å². The minimum absolute atomic E-state index is 0.634. The number of aliphatic imine (C=N–C) groups is 1. The maximum atomic E-state index is 5.16. The summed E-state index contributed by atoms with van der Waals surface area (Å²) in [6.07, 6.45) is 0. The number of hydrogen-bond acceptors (Lipinski definition) is 1. The normalized spacial score (nSPS) is 11.6. The van der Waals surface area contributed by atoms with E-state index in [9.17, 15) is 0 Å². The molecule has 2 nitrogen and oxygen atoms in total. The second-order valence-corrected chi connectivity index (χ2v) is 9.95. The van der Waals surface area contributed by atoms with Crippen molar-refractivity contribution in [3.05, 3.63) is 139 Å². The average Bonchev–Trinajstić information content (AvgIpc) is 2.89.